The van der Waals surface area contributed by atoms with Crippen molar-refractivity contribution in [2.24, 2.45) is 16.1 Å². The highest BCUT2D eigenvalue weighted by molar-refractivity contribution is 4.80. The van der Waals surface area contributed by atoms with Gasteiger partial charge in [-0.05, 0) is 46.5 Å². The van der Waals surface area contributed by atoms with Gasteiger partial charge in [-0.1, -0.05) is 27.2 Å². The minimum Gasteiger partial charge on any atom is -0.256 e. The third kappa shape index (κ3) is 9.54. The van der Waals surface area contributed by atoms with Crippen LogP contribution < -0.4 is 10.9 Å². The van der Waals surface area contributed by atoms with Crippen LogP contribution in [-0.4, -0.2) is 17.7 Å². The maximum atomic E-state index is 4.52. The molecule has 2 N–H and O–H groups in total. The Kier molecular flexibility index (Phi) is 7.64. The average molecular weight is 256 g/mol. The van der Waals surface area contributed by atoms with Gasteiger partial charge in [0.25, 0.3) is 0 Å². The summed E-state index contributed by atoms with van der Waals surface area (Å²) in [5, 5.41) is 8.92. The number of nitrogens with one attached hydrogen (secondary N) is 2. The summed E-state index contributed by atoms with van der Waals surface area (Å²) in [5.41, 5.74) is 6.14. The Morgan fingerprint density at radius 3 is 2.11 bits per heavy atom. The van der Waals surface area contributed by atoms with E-state index in [2.05, 4.69) is 69.5 Å². The van der Waals surface area contributed by atoms with E-state index >= 15 is 0 Å². The van der Waals surface area contributed by atoms with Crippen LogP contribution in [0.4, 0.5) is 0 Å². The van der Waals surface area contributed by atoms with Crippen LogP contribution in [-0.2, 0) is 0 Å². The van der Waals surface area contributed by atoms with Crippen LogP contribution in [0.2, 0.25) is 0 Å². The molecule has 4 nitrogen and oxygen atoms in total. The molecule has 0 saturated heterocycles. The van der Waals surface area contributed by atoms with E-state index in [0.29, 0.717) is 5.92 Å². The summed E-state index contributed by atoms with van der Waals surface area (Å²) in [6.07, 6.45) is 3.33. The van der Waals surface area contributed by atoms with E-state index in [1.165, 1.54) is 12.8 Å². The van der Waals surface area contributed by atoms with Gasteiger partial charge in [0.2, 0.25) is 0 Å². The Labute approximate surface area is 113 Å². The molecule has 1 atom stereocenters. The van der Waals surface area contributed by atoms with Crippen molar-refractivity contribution in [3.05, 3.63) is 0 Å². The zero-order valence-corrected chi connectivity index (χ0v) is 13.3. The van der Waals surface area contributed by atoms with Gasteiger partial charge in [-0.3, -0.25) is 5.43 Å². The van der Waals surface area contributed by atoms with Gasteiger partial charge in [0.05, 0.1) is 5.54 Å². The number of hydrogen-bond acceptors (Lipinski definition) is 4. The molecule has 0 radical (unpaired) electrons. The highest BCUT2D eigenvalue weighted by Gasteiger charge is 2.25. The summed E-state index contributed by atoms with van der Waals surface area (Å²) < 4.78 is 0. The van der Waals surface area contributed by atoms with Crippen LogP contribution in [0.1, 0.15) is 67.7 Å². The third-order valence-corrected chi connectivity index (χ3v) is 2.39. The minimum atomic E-state index is -0.324. The topological polar surface area (TPSA) is 48.8 Å². The Morgan fingerprint density at radius 1 is 1.06 bits per heavy atom. The molecule has 0 rings (SSSR count). The number of unbranched alkanes of at least 4 members (excludes halogenated alkanes) is 1. The maximum Gasteiger partial charge on any atom is 0.141 e. The van der Waals surface area contributed by atoms with Crippen molar-refractivity contribution >= 4 is 0 Å². The Balaban J connectivity index is 4.47. The standard InChI is InChI=1S/C14H32N4/c1-8-9-10-15-17-14(7,11-12(2)3)18-16-13(4,5)6/h12,15,17H,8-11H2,1-7H3. The van der Waals surface area contributed by atoms with Crippen molar-refractivity contribution in [1.82, 2.24) is 10.9 Å². The Bertz CT molecular complexity index is 243. The molecule has 0 aliphatic carbocycles. The van der Waals surface area contributed by atoms with Gasteiger partial charge >= 0.3 is 0 Å². The van der Waals surface area contributed by atoms with Gasteiger partial charge in [0.15, 0.2) is 0 Å². The molecule has 0 bridgehead atoms. The summed E-state index contributed by atoms with van der Waals surface area (Å²) in [6.45, 7) is 15.9. The molecule has 0 fully saturated rings. The SMILES string of the molecule is CCCCNNC(C)(CC(C)C)N=NC(C)(C)C. The zero-order valence-electron chi connectivity index (χ0n) is 13.3. The molecule has 0 aromatic carbocycles. The molecule has 0 amide bonds. The molecule has 0 aliphatic heterocycles. The fourth-order valence-electron chi connectivity index (χ4n) is 1.69. The molecule has 18 heavy (non-hydrogen) atoms. The van der Waals surface area contributed by atoms with Gasteiger partial charge in [-0.25, -0.2) is 5.43 Å². The summed E-state index contributed by atoms with van der Waals surface area (Å²) in [4.78, 5) is 0. The molecule has 0 spiro atoms. The van der Waals surface area contributed by atoms with Crippen molar-refractivity contribution < 1.29 is 0 Å². The van der Waals surface area contributed by atoms with Crippen molar-refractivity contribution in [2.75, 3.05) is 6.54 Å². The van der Waals surface area contributed by atoms with E-state index in [1.807, 2.05) is 0 Å². The second-order valence-electron chi connectivity index (χ2n) is 6.65. The van der Waals surface area contributed by atoms with Gasteiger partial charge in [-0.2, -0.15) is 10.2 Å². The molecule has 0 saturated carbocycles. The molecule has 0 aromatic heterocycles. The summed E-state index contributed by atoms with van der Waals surface area (Å²) in [7, 11) is 0. The average Bonchev–Trinajstić information content (AvgIpc) is 2.20. The molecule has 0 aromatic rings. The smallest absolute Gasteiger partial charge is 0.141 e. The molecular formula is C14H32N4. The quantitative estimate of drug-likeness (QED) is 0.393. The molecule has 0 heterocycles. The van der Waals surface area contributed by atoms with Gasteiger partial charge in [0, 0.05) is 6.54 Å². The van der Waals surface area contributed by atoms with Gasteiger partial charge in [0.1, 0.15) is 5.66 Å². The number of azo groups is 1. The minimum absolute atomic E-state index is 0.122. The van der Waals surface area contributed by atoms with Crippen LogP contribution in [0.25, 0.3) is 0 Å². The third-order valence-electron chi connectivity index (χ3n) is 2.39. The Hall–Kier alpha value is -0.480. The van der Waals surface area contributed by atoms with E-state index in [1.54, 1.807) is 0 Å². The largest absolute Gasteiger partial charge is 0.256 e. The predicted octanol–water partition coefficient (Wildman–Crippen LogP) is 3.89. The van der Waals surface area contributed by atoms with E-state index in [4.69, 9.17) is 0 Å². The first-order chi connectivity index (χ1) is 8.18. The predicted molar refractivity (Wildman–Crippen MR) is 78.5 cm³/mol. The van der Waals surface area contributed by atoms with Gasteiger partial charge < -0.3 is 0 Å². The van der Waals surface area contributed by atoms with Crippen molar-refractivity contribution in [3.63, 3.8) is 0 Å². The lowest BCUT2D eigenvalue weighted by Gasteiger charge is -2.28. The van der Waals surface area contributed by atoms with Crippen molar-refractivity contribution in [1.29, 1.82) is 0 Å². The first kappa shape index (κ1) is 17.5. The van der Waals surface area contributed by atoms with Crippen LogP contribution >= 0.6 is 0 Å². The molecule has 0 aliphatic rings. The van der Waals surface area contributed by atoms with Crippen LogP contribution in [0.5, 0.6) is 0 Å². The van der Waals surface area contributed by atoms with Crippen LogP contribution in [0.3, 0.4) is 0 Å². The zero-order chi connectivity index (χ0) is 14.2. The van der Waals surface area contributed by atoms with E-state index in [0.717, 1.165) is 13.0 Å². The summed E-state index contributed by atoms with van der Waals surface area (Å²) in [6, 6.07) is 0. The second-order valence-corrected chi connectivity index (χ2v) is 6.65. The summed E-state index contributed by atoms with van der Waals surface area (Å²) >= 11 is 0. The molecule has 108 valence electrons. The maximum absolute atomic E-state index is 4.52. The van der Waals surface area contributed by atoms with E-state index < -0.39 is 0 Å². The fourth-order valence-corrected chi connectivity index (χ4v) is 1.69. The number of rotatable bonds is 8. The van der Waals surface area contributed by atoms with Crippen LogP contribution in [0.15, 0.2) is 10.2 Å². The monoisotopic (exact) mass is 256 g/mol. The lowest BCUT2D eigenvalue weighted by atomic mass is 10.0. The number of hydrazine groups is 1. The number of nitrogens with zero attached hydrogens (tertiary/aromatic N) is 2. The molecule has 1 unspecified atom stereocenters. The normalized spacial score (nSPS) is 16.4. The molecular weight excluding hydrogens is 224 g/mol. The van der Waals surface area contributed by atoms with Crippen molar-refractivity contribution in [2.45, 2.75) is 78.9 Å². The fraction of sp³-hybridized carbons (Fsp3) is 1.00. The lowest BCUT2D eigenvalue weighted by Crippen LogP contribution is -2.50. The van der Waals surface area contributed by atoms with Gasteiger partial charge in [-0.15, -0.1) is 0 Å². The highest BCUT2D eigenvalue weighted by atomic mass is 15.5. The lowest BCUT2D eigenvalue weighted by molar-refractivity contribution is 0.245. The highest BCUT2D eigenvalue weighted by Crippen LogP contribution is 2.20. The number of hydrogen-bond donors (Lipinski definition) is 2. The molecule has 4 heteroatoms. The first-order valence-corrected chi connectivity index (χ1v) is 7.12. The summed E-state index contributed by atoms with van der Waals surface area (Å²) in [5.74, 6) is 0.578. The Morgan fingerprint density at radius 2 is 1.67 bits per heavy atom. The second kappa shape index (κ2) is 7.85. The first-order valence-electron chi connectivity index (χ1n) is 7.12. The van der Waals surface area contributed by atoms with Crippen molar-refractivity contribution in [3.8, 4) is 0 Å². The van der Waals surface area contributed by atoms with Crippen LogP contribution in [0, 0.1) is 5.92 Å². The van der Waals surface area contributed by atoms with E-state index in [9.17, 15) is 0 Å². The van der Waals surface area contributed by atoms with E-state index in [-0.39, 0.29) is 11.2 Å².